The van der Waals surface area contributed by atoms with Gasteiger partial charge in [-0.15, -0.1) is 10.2 Å². The van der Waals surface area contributed by atoms with E-state index in [4.69, 9.17) is 0 Å². The quantitative estimate of drug-likeness (QED) is 0.281. The van der Waals surface area contributed by atoms with Crippen molar-refractivity contribution in [2.24, 2.45) is 0 Å². The Bertz CT molecular complexity index is 1370. The molecule has 0 aliphatic carbocycles. The van der Waals surface area contributed by atoms with E-state index in [0.29, 0.717) is 10.7 Å². The maximum Gasteiger partial charge on any atom is 0.196 e. The molecule has 0 spiro atoms. The fourth-order valence-electron chi connectivity index (χ4n) is 3.65. The van der Waals surface area contributed by atoms with Crippen LogP contribution in [-0.2, 0) is 0 Å². The number of hydrogen-bond acceptors (Lipinski definition) is 4. The molecule has 0 atom stereocenters. The van der Waals surface area contributed by atoms with Crippen molar-refractivity contribution in [1.82, 2.24) is 19.7 Å². The molecule has 2 heterocycles. The van der Waals surface area contributed by atoms with Gasteiger partial charge in [0, 0.05) is 33.9 Å². The number of nitrogens with zero attached hydrogens (tertiary/aromatic N) is 3. The zero-order chi connectivity index (χ0) is 21.2. The van der Waals surface area contributed by atoms with Crippen molar-refractivity contribution in [3.63, 3.8) is 0 Å². The molecular weight excluding hydrogens is 404 g/mol. The number of fused-ring (bicyclic) bond motifs is 1. The SMILES string of the molecule is Cc1cccc(-c2nnc(SCC(=O)c3c[nH]c4ccccc34)n2-c2ccccc2)c1. The summed E-state index contributed by atoms with van der Waals surface area (Å²) in [5, 5.41) is 10.5. The number of nitrogens with one attached hydrogen (secondary N) is 1. The smallest absolute Gasteiger partial charge is 0.196 e. The van der Waals surface area contributed by atoms with Gasteiger partial charge < -0.3 is 4.98 Å². The molecule has 0 aliphatic heterocycles. The number of aromatic amines is 1. The molecule has 0 amide bonds. The van der Waals surface area contributed by atoms with Gasteiger partial charge in [-0.3, -0.25) is 9.36 Å². The molecule has 0 saturated heterocycles. The second-order valence-corrected chi connectivity index (χ2v) is 8.25. The lowest BCUT2D eigenvalue weighted by molar-refractivity contribution is 0.102. The van der Waals surface area contributed by atoms with Gasteiger partial charge in [-0.25, -0.2) is 0 Å². The molecule has 3 aromatic carbocycles. The van der Waals surface area contributed by atoms with Crippen LogP contribution >= 0.6 is 11.8 Å². The molecule has 0 unspecified atom stereocenters. The standard InChI is InChI=1S/C25H20N4OS/c1-17-8-7-9-18(14-17)24-27-28-25(29(24)19-10-3-2-4-11-19)31-16-23(30)21-15-26-22-13-6-5-12-20(21)22/h2-15,26H,16H2,1H3. The highest BCUT2D eigenvalue weighted by Gasteiger charge is 2.19. The van der Waals surface area contributed by atoms with Gasteiger partial charge in [0.15, 0.2) is 16.8 Å². The molecule has 0 radical (unpaired) electrons. The van der Waals surface area contributed by atoms with E-state index in [-0.39, 0.29) is 11.5 Å². The van der Waals surface area contributed by atoms with Gasteiger partial charge in [-0.1, -0.05) is 71.9 Å². The second-order valence-electron chi connectivity index (χ2n) is 7.31. The zero-order valence-electron chi connectivity index (χ0n) is 16.9. The largest absolute Gasteiger partial charge is 0.360 e. The molecule has 5 aromatic rings. The number of benzene rings is 3. The van der Waals surface area contributed by atoms with E-state index in [1.165, 1.54) is 11.8 Å². The normalized spacial score (nSPS) is 11.1. The topological polar surface area (TPSA) is 63.6 Å². The summed E-state index contributed by atoms with van der Waals surface area (Å²) in [7, 11) is 0. The first-order valence-corrected chi connectivity index (χ1v) is 11.0. The fraction of sp³-hybridized carbons (Fsp3) is 0.0800. The maximum atomic E-state index is 13.0. The van der Waals surface area contributed by atoms with Crippen LogP contribution in [-0.4, -0.2) is 31.3 Å². The number of hydrogen-bond donors (Lipinski definition) is 1. The average molecular weight is 425 g/mol. The highest BCUT2D eigenvalue weighted by Crippen LogP contribution is 2.29. The number of H-pyrrole nitrogens is 1. The van der Waals surface area contributed by atoms with Crippen LogP contribution in [0.2, 0.25) is 0 Å². The maximum absolute atomic E-state index is 13.0. The van der Waals surface area contributed by atoms with Gasteiger partial charge in [0.25, 0.3) is 0 Å². The minimum absolute atomic E-state index is 0.0576. The Morgan fingerprint density at radius 2 is 1.77 bits per heavy atom. The number of Topliss-reactive ketones (excluding diaryl/α,β-unsaturated/α-hetero) is 1. The summed E-state index contributed by atoms with van der Waals surface area (Å²) in [6.45, 7) is 2.06. The first kappa shape index (κ1) is 19.3. The summed E-state index contributed by atoms with van der Waals surface area (Å²) in [6, 6.07) is 26.0. The highest BCUT2D eigenvalue weighted by molar-refractivity contribution is 7.99. The molecule has 0 fully saturated rings. The Morgan fingerprint density at radius 1 is 0.968 bits per heavy atom. The minimum Gasteiger partial charge on any atom is -0.360 e. The van der Waals surface area contributed by atoms with Crippen molar-refractivity contribution < 1.29 is 4.79 Å². The number of para-hydroxylation sites is 2. The second kappa shape index (κ2) is 8.24. The van der Waals surface area contributed by atoms with Gasteiger partial charge in [0.1, 0.15) is 0 Å². The van der Waals surface area contributed by atoms with Gasteiger partial charge in [0.05, 0.1) is 5.75 Å². The van der Waals surface area contributed by atoms with Crippen LogP contribution in [0.3, 0.4) is 0 Å². The van der Waals surface area contributed by atoms with Crippen LogP contribution in [0.15, 0.2) is 90.2 Å². The van der Waals surface area contributed by atoms with E-state index < -0.39 is 0 Å². The number of carbonyl (C=O) groups excluding carboxylic acids is 1. The summed E-state index contributed by atoms with van der Waals surface area (Å²) >= 11 is 1.40. The Kier molecular flexibility index (Phi) is 5.14. The van der Waals surface area contributed by atoms with Crippen LogP contribution < -0.4 is 0 Å². The molecule has 2 aromatic heterocycles. The van der Waals surface area contributed by atoms with Crippen LogP contribution in [0.1, 0.15) is 15.9 Å². The molecule has 0 bridgehead atoms. The van der Waals surface area contributed by atoms with Crippen LogP contribution in [0, 0.1) is 6.92 Å². The first-order valence-electron chi connectivity index (χ1n) is 10.0. The summed E-state index contributed by atoms with van der Waals surface area (Å²) in [6.07, 6.45) is 1.79. The predicted molar refractivity (Wildman–Crippen MR) is 125 cm³/mol. The fourth-order valence-corrected chi connectivity index (χ4v) is 4.49. The van der Waals surface area contributed by atoms with Gasteiger partial charge in [-0.05, 0) is 31.2 Å². The number of carbonyl (C=O) groups is 1. The molecule has 1 N–H and O–H groups in total. The molecule has 5 nitrogen and oxygen atoms in total. The van der Waals surface area contributed by atoms with Crippen molar-refractivity contribution >= 4 is 28.4 Å². The van der Waals surface area contributed by atoms with Crippen molar-refractivity contribution in [2.75, 3.05) is 5.75 Å². The van der Waals surface area contributed by atoms with E-state index in [1.54, 1.807) is 6.20 Å². The average Bonchev–Trinajstić information content (AvgIpc) is 3.42. The van der Waals surface area contributed by atoms with Crippen LogP contribution in [0.5, 0.6) is 0 Å². The molecular formula is C25H20N4OS. The summed E-state index contributed by atoms with van der Waals surface area (Å²) in [5.41, 5.74) is 4.78. The van der Waals surface area contributed by atoms with Crippen LogP contribution in [0.4, 0.5) is 0 Å². The number of aryl methyl sites for hydroxylation is 1. The van der Waals surface area contributed by atoms with E-state index >= 15 is 0 Å². The third-order valence-corrected chi connectivity index (χ3v) is 6.07. The van der Waals surface area contributed by atoms with E-state index in [1.807, 2.05) is 71.3 Å². The first-order chi connectivity index (χ1) is 15.2. The predicted octanol–water partition coefficient (Wildman–Crippen LogP) is 5.70. The lowest BCUT2D eigenvalue weighted by Gasteiger charge is -2.10. The number of aromatic nitrogens is 4. The van der Waals surface area contributed by atoms with Crippen LogP contribution in [0.25, 0.3) is 28.0 Å². The molecule has 6 heteroatoms. The van der Waals surface area contributed by atoms with Crippen molar-refractivity contribution in [1.29, 1.82) is 0 Å². The lowest BCUT2D eigenvalue weighted by atomic mass is 10.1. The lowest BCUT2D eigenvalue weighted by Crippen LogP contribution is -2.04. The monoisotopic (exact) mass is 424 g/mol. The van der Waals surface area contributed by atoms with Gasteiger partial charge in [-0.2, -0.15) is 0 Å². The third kappa shape index (κ3) is 3.78. The summed E-state index contributed by atoms with van der Waals surface area (Å²) < 4.78 is 2.02. The van der Waals surface area contributed by atoms with Gasteiger partial charge >= 0.3 is 0 Å². The van der Waals surface area contributed by atoms with E-state index in [9.17, 15) is 4.79 Å². The molecule has 0 aliphatic rings. The van der Waals surface area contributed by atoms with Crippen molar-refractivity contribution in [2.45, 2.75) is 12.1 Å². The van der Waals surface area contributed by atoms with E-state index in [2.05, 4.69) is 34.2 Å². The zero-order valence-corrected chi connectivity index (χ0v) is 17.8. The molecule has 0 saturated carbocycles. The number of ketones is 1. The number of thioether (sulfide) groups is 1. The Labute approximate surface area is 184 Å². The highest BCUT2D eigenvalue weighted by atomic mass is 32.2. The van der Waals surface area contributed by atoms with Gasteiger partial charge in [0.2, 0.25) is 0 Å². The molecule has 5 rings (SSSR count). The third-order valence-electron chi connectivity index (χ3n) is 5.15. The number of rotatable bonds is 6. The van der Waals surface area contributed by atoms with Crippen molar-refractivity contribution in [3.05, 3.63) is 96.2 Å². The van der Waals surface area contributed by atoms with Crippen molar-refractivity contribution in [3.8, 4) is 17.1 Å². The minimum atomic E-state index is 0.0576. The Balaban J connectivity index is 1.48. The Hall–Kier alpha value is -3.64. The molecule has 31 heavy (non-hydrogen) atoms. The molecule has 152 valence electrons. The summed E-state index contributed by atoms with van der Waals surface area (Å²) in [5.74, 6) is 1.10. The van der Waals surface area contributed by atoms with E-state index in [0.717, 1.165) is 33.5 Å². The Morgan fingerprint density at radius 3 is 2.61 bits per heavy atom. The summed E-state index contributed by atoms with van der Waals surface area (Å²) in [4.78, 5) is 16.1.